The summed E-state index contributed by atoms with van der Waals surface area (Å²) >= 11 is 0. The molecule has 1 rings (SSSR count). The Hall–Kier alpha value is -0.770. The summed E-state index contributed by atoms with van der Waals surface area (Å²) in [6.45, 7) is 4.71. The highest BCUT2D eigenvalue weighted by molar-refractivity contribution is 5.75. The number of carbonyl (C=O) groups excluding carboxylic acids is 1. The zero-order chi connectivity index (χ0) is 9.84. The van der Waals surface area contributed by atoms with E-state index >= 15 is 0 Å². The zero-order valence-electron chi connectivity index (χ0n) is 8.29. The van der Waals surface area contributed by atoms with E-state index in [2.05, 4.69) is 5.32 Å². The molecule has 2 amide bonds. The van der Waals surface area contributed by atoms with Gasteiger partial charge in [-0.05, 0) is 26.7 Å². The number of likely N-dealkylation sites (tertiary alicyclic amines) is 1. The molecule has 0 radical (unpaired) electrons. The zero-order valence-corrected chi connectivity index (χ0v) is 8.29. The van der Waals surface area contributed by atoms with Crippen LogP contribution in [0.1, 0.15) is 26.7 Å². The summed E-state index contributed by atoms with van der Waals surface area (Å²) in [5, 5.41) is 11.8. The number of aliphatic hydroxyl groups is 1. The smallest absolute Gasteiger partial charge is 0.317 e. The molecule has 1 fully saturated rings. The average Bonchev–Trinajstić information content (AvgIpc) is 2.49. The van der Waals surface area contributed by atoms with Gasteiger partial charge in [0.05, 0.1) is 12.6 Å². The second kappa shape index (κ2) is 4.46. The van der Waals surface area contributed by atoms with E-state index in [4.69, 9.17) is 5.11 Å². The summed E-state index contributed by atoms with van der Waals surface area (Å²) in [6, 6.07) is 0.137. The fourth-order valence-electron chi connectivity index (χ4n) is 1.62. The Morgan fingerprint density at radius 1 is 1.69 bits per heavy atom. The molecule has 0 bridgehead atoms. The van der Waals surface area contributed by atoms with E-state index in [0.717, 1.165) is 19.4 Å². The maximum absolute atomic E-state index is 11.5. The molecule has 0 unspecified atom stereocenters. The summed E-state index contributed by atoms with van der Waals surface area (Å²) in [6.07, 6.45) is 1.92. The van der Waals surface area contributed by atoms with Crippen LogP contribution in [-0.2, 0) is 0 Å². The fourth-order valence-corrected chi connectivity index (χ4v) is 1.62. The maximum Gasteiger partial charge on any atom is 0.317 e. The molecule has 1 atom stereocenters. The van der Waals surface area contributed by atoms with Crippen molar-refractivity contribution in [3.63, 3.8) is 0 Å². The quantitative estimate of drug-likeness (QED) is 0.662. The van der Waals surface area contributed by atoms with Crippen molar-refractivity contribution in [1.29, 1.82) is 0 Å². The van der Waals surface area contributed by atoms with Crippen LogP contribution in [0.4, 0.5) is 4.79 Å². The number of hydrogen-bond acceptors (Lipinski definition) is 2. The van der Waals surface area contributed by atoms with Crippen molar-refractivity contribution in [3.05, 3.63) is 0 Å². The van der Waals surface area contributed by atoms with Gasteiger partial charge >= 0.3 is 6.03 Å². The van der Waals surface area contributed by atoms with Gasteiger partial charge in [-0.2, -0.15) is 0 Å². The van der Waals surface area contributed by atoms with Crippen molar-refractivity contribution < 1.29 is 9.90 Å². The lowest BCUT2D eigenvalue weighted by molar-refractivity contribution is 0.155. The lowest BCUT2D eigenvalue weighted by atomic mass is 10.2. The number of nitrogens with zero attached hydrogens (tertiary/aromatic N) is 1. The van der Waals surface area contributed by atoms with Gasteiger partial charge in [0.15, 0.2) is 0 Å². The largest absolute Gasteiger partial charge is 0.394 e. The van der Waals surface area contributed by atoms with Gasteiger partial charge in [-0.15, -0.1) is 0 Å². The van der Waals surface area contributed by atoms with Gasteiger partial charge in [-0.25, -0.2) is 4.79 Å². The first kappa shape index (κ1) is 10.3. The maximum atomic E-state index is 11.5. The van der Waals surface area contributed by atoms with Gasteiger partial charge < -0.3 is 15.3 Å². The monoisotopic (exact) mass is 186 g/mol. The molecule has 76 valence electrons. The SMILES string of the molecule is CC(C)NC(=O)N1CCC[C@@H]1CO. The van der Waals surface area contributed by atoms with E-state index in [9.17, 15) is 4.79 Å². The highest BCUT2D eigenvalue weighted by Gasteiger charge is 2.27. The molecular weight excluding hydrogens is 168 g/mol. The lowest BCUT2D eigenvalue weighted by Crippen LogP contribution is -2.46. The van der Waals surface area contributed by atoms with Gasteiger partial charge in [0.2, 0.25) is 0 Å². The molecule has 0 aromatic heterocycles. The molecule has 0 aliphatic carbocycles. The van der Waals surface area contributed by atoms with Gasteiger partial charge in [0.1, 0.15) is 0 Å². The first-order valence-corrected chi connectivity index (χ1v) is 4.83. The molecule has 0 aromatic carbocycles. The molecule has 1 saturated heterocycles. The number of carbonyl (C=O) groups is 1. The van der Waals surface area contributed by atoms with Crippen LogP contribution in [0.3, 0.4) is 0 Å². The van der Waals surface area contributed by atoms with E-state index in [1.54, 1.807) is 4.90 Å². The highest BCUT2D eigenvalue weighted by Crippen LogP contribution is 2.16. The minimum atomic E-state index is -0.0495. The number of aliphatic hydroxyl groups excluding tert-OH is 1. The van der Waals surface area contributed by atoms with Gasteiger partial charge in [0, 0.05) is 12.6 Å². The van der Waals surface area contributed by atoms with Crippen molar-refractivity contribution in [2.45, 2.75) is 38.8 Å². The topological polar surface area (TPSA) is 52.6 Å². The van der Waals surface area contributed by atoms with Crippen LogP contribution in [0.2, 0.25) is 0 Å². The second-order valence-corrected chi connectivity index (χ2v) is 3.78. The molecule has 13 heavy (non-hydrogen) atoms. The Morgan fingerprint density at radius 2 is 2.38 bits per heavy atom. The number of rotatable bonds is 2. The molecular formula is C9H18N2O2. The van der Waals surface area contributed by atoms with Gasteiger partial charge in [-0.1, -0.05) is 0 Å². The van der Waals surface area contributed by atoms with Crippen molar-refractivity contribution >= 4 is 6.03 Å². The Kier molecular flexibility index (Phi) is 3.54. The van der Waals surface area contributed by atoms with E-state index in [-0.39, 0.29) is 24.7 Å². The summed E-state index contributed by atoms with van der Waals surface area (Å²) in [4.78, 5) is 13.3. The highest BCUT2D eigenvalue weighted by atomic mass is 16.3. The molecule has 1 aliphatic heterocycles. The Morgan fingerprint density at radius 3 is 2.92 bits per heavy atom. The Labute approximate surface area is 78.9 Å². The van der Waals surface area contributed by atoms with Crippen molar-refractivity contribution in [2.24, 2.45) is 0 Å². The minimum absolute atomic E-state index is 0.0266. The Bertz CT molecular complexity index is 182. The normalized spacial score (nSPS) is 22.5. The molecule has 2 N–H and O–H groups in total. The van der Waals surface area contributed by atoms with E-state index in [1.165, 1.54) is 0 Å². The van der Waals surface area contributed by atoms with Crippen LogP contribution in [0.5, 0.6) is 0 Å². The Balaban J connectivity index is 2.45. The fraction of sp³-hybridized carbons (Fsp3) is 0.889. The van der Waals surface area contributed by atoms with Crippen molar-refractivity contribution in [2.75, 3.05) is 13.2 Å². The second-order valence-electron chi connectivity index (χ2n) is 3.78. The third-order valence-corrected chi connectivity index (χ3v) is 2.26. The predicted molar refractivity (Wildman–Crippen MR) is 50.5 cm³/mol. The van der Waals surface area contributed by atoms with E-state index in [0.29, 0.717) is 0 Å². The predicted octanol–water partition coefficient (Wildman–Crippen LogP) is 0.561. The number of nitrogens with one attached hydrogen (secondary N) is 1. The summed E-state index contributed by atoms with van der Waals surface area (Å²) in [7, 11) is 0. The molecule has 4 nitrogen and oxygen atoms in total. The molecule has 0 saturated carbocycles. The average molecular weight is 186 g/mol. The van der Waals surface area contributed by atoms with E-state index < -0.39 is 0 Å². The molecule has 4 heteroatoms. The third kappa shape index (κ3) is 2.59. The molecule has 1 heterocycles. The standard InChI is InChI=1S/C9H18N2O2/c1-7(2)10-9(13)11-5-3-4-8(11)6-12/h7-8,12H,3-6H2,1-2H3,(H,10,13)/t8-/m1/s1. The first-order chi connectivity index (χ1) is 6.15. The van der Waals surface area contributed by atoms with E-state index in [1.807, 2.05) is 13.8 Å². The third-order valence-electron chi connectivity index (χ3n) is 2.26. The van der Waals surface area contributed by atoms with Crippen LogP contribution in [0.25, 0.3) is 0 Å². The van der Waals surface area contributed by atoms with Crippen LogP contribution in [0, 0.1) is 0 Å². The van der Waals surface area contributed by atoms with Crippen LogP contribution < -0.4 is 5.32 Å². The summed E-state index contributed by atoms with van der Waals surface area (Å²) in [5.41, 5.74) is 0. The van der Waals surface area contributed by atoms with Crippen molar-refractivity contribution in [3.8, 4) is 0 Å². The van der Waals surface area contributed by atoms with Crippen molar-refractivity contribution in [1.82, 2.24) is 10.2 Å². The molecule has 0 aromatic rings. The lowest BCUT2D eigenvalue weighted by Gasteiger charge is -2.24. The summed E-state index contributed by atoms with van der Waals surface area (Å²) in [5.74, 6) is 0. The van der Waals surface area contributed by atoms with Gasteiger partial charge in [-0.3, -0.25) is 0 Å². The number of urea groups is 1. The number of amides is 2. The molecule has 0 spiro atoms. The molecule has 1 aliphatic rings. The number of hydrogen-bond donors (Lipinski definition) is 2. The van der Waals surface area contributed by atoms with Crippen LogP contribution in [-0.4, -0.2) is 41.3 Å². The minimum Gasteiger partial charge on any atom is -0.394 e. The first-order valence-electron chi connectivity index (χ1n) is 4.83. The van der Waals surface area contributed by atoms with Crippen LogP contribution in [0.15, 0.2) is 0 Å². The van der Waals surface area contributed by atoms with Crippen LogP contribution >= 0.6 is 0 Å². The summed E-state index contributed by atoms with van der Waals surface area (Å²) < 4.78 is 0. The van der Waals surface area contributed by atoms with Gasteiger partial charge in [0.25, 0.3) is 0 Å².